The number of benzene rings is 1. The SMILES string of the molecule is CSc1nc2nnc(-c3ccnc(Nc4ccccc4)n3)c(C)n2n1. The molecule has 0 radical (unpaired) electrons. The van der Waals surface area contributed by atoms with Gasteiger partial charge >= 0.3 is 0 Å². The van der Waals surface area contributed by atoms with Crippen molar-refractivity contribution in [1.82, 2.24) is 34.8 Å². The minimum absolute atomic E-state index is 0.474. The second-order valence-corrected chi connectivity index (χ2v) is 5.97. The third-order valence-corrected chi connectivity index (χ3v) is 4.12. The molecule has 1 aromatic carbocycles. The molecule has 8 nitrogen and oxygen atoms in total. The monoisotopic (exact) mass is 350 g/mol. The van der Waals surface area contributed by atoms with Crippen molar-refractivity contribution in [2.45, 2.75) is 12.1 Å². The molecule has 0 unspecified atom stereocenters. The van der Waals surface area contributed by atoms with Crippen molar-refractivity contribution in [3.63, 3.8) is 0 Å². The lowest BCUT2D eigenvalue weighted by Crippen LogP contribution is -2.05. The first-order valence-corrected chi connectivity index (χ1v) is 8.76. The van der Waals surface area contributed by atoms with Crippen LogP contribution < -0.4 is 5.32 Å². The van der Waals surface area contributed by atoms with Crippen LogP contribution in [0.15, 0.2) is 47.8 Å². The van der Waals surface area contributed by atoms with Gasteiger partial charge in [-0.05, 0) is 31.4 Å². The highest BCUT2D eigenvalue weighted by atomic mass is 32.2. The largest absolute Gasteiger partial charge is 0.324 e. The van der Waals surface area contributed by atoms with Crippen molar-refractivity contribution in [1.29, 1.82) is 0 Å². The van der Waals surface area contributed by atoms with E-state index in [2.05, 4.69) is 35.6 Å². The van der Waals surface area contributed by atoms with Gasteiger partial charge in [0, 0.05) is 11.9 Å². The van der Waals surface area contributed by atoms with Gasteiger partial charge in [-0.3, -0.25) is 0 Å². The summed E-state index contributed by atoms with van der Waals surface area (Å²) in [4.78, 5) is 13.1. The summed E-state index contributed by atoms with van der Waals surface area (Å²) in [5, 5.41) is 16.7. The van der Waals surface area contributed by atoms with E-state index in [0.29, 0.717) is 28.3 Å². The second kappa shape index (κ2) is 6.44. The maximum Gasteiger partial charge on any atom is 0.272 e. The van der Waals surface area contributed by atoms with Crippen LogP contribution in [0.25, 0.3) is 17.2 Å². The predicted molar refractivity (Wildman–Crippen MR) is 95.8 cm³/mol. The van der Waals surface area contributed by atoms with Crippen molar-refractivity contribution in [3.05, 3.63) is 48.3 Å². The average molecular weight is 350 g/mol. The van der Waals surface area contributed by atoms with Crippen LogP contribution in [0.4, 0.5) is 11.6 Å². The number of nitrogens with one attached hydrogen (secondary N) is 1. The first kappa shape index (κ1) is 15.5. The molecule has 0 aliphatic carbocycles. The summed E-state index contributed by atoms with van der Waals surface area (Å²) in [5.74, 6) is 0.968. The smallest absolute Gasteiger partial charge is 0.272 e. The van der Waals surface area contributed by atoms with Gasteiger partial charge in [-0.1, -0.05) is 30.0 Å². The minimum atomic E-state index is 0.474. The molecule has 0 aliphatic heterocycles. The highest BCUT2D eigenvalue weighted by molar-refractivity contribution is 7.98. The van der Waals surface area contributed by atoms with Crippen LogP contribution in [0.3, 0.4) is 0 Å². The first-order valence-electron chi connectivity index (χ1n) is 7.54. The summed E-state index contributed by atoms with van der Waals surface area (Å²) < 4.78 is 1.68. The Labute approximate surface area is 147 Å². The lowest BCUT2D eigenvalue weighted by atomic mass is 10.2. The Morgan fingerprint density at radius 1 is 1.04 bits per heavy atom. The van der Waals surface area contributed by atoms with Crippen LogP contribution in [0, 0.1) is 6.92 Å². The van der Waals surface area contributed by atoms with E-state index in [-0.39, 0.29) is 0 Å². The summed E-state index contributed by atoms with van der Waals surface area (Å²) in [5.41, 5.74) is 3.05. The number of nitrogens with zero attached hydrogens (tertiary/aromatic N) is 7. The fraction of sp³-hybridized carbons (Fsp3) is 0.125. The molecule has 0 aliphatic rings. The number of hydrogen-bond donors (Lipinski definition) is 1. The van der Waals surface area contributed by atoms with E-state index < -0.39 is 0 Å². The van der Waals surface area contributed by atoms with Gasteiger partial charge in [-0.15, -0.1) is 15.3 Å². The van der Waals surface area contributed by atoms with Gasteiger partial charge < -0.3 is 5.32 Å². The van der Waals surface area contributed by atoms with Crippen molar-refractivity contribution >= 4 is 29.2 Å². The molecule has 4 rings (SSSR count). The van der Waals surface area contributed by atoms with Gasteiger partial charge in [0.05, 0.1) is 11.4 Å². The topological polar surface area (TPSA) is 93.8 Å². The van der Waals surface area contributed by atoms with E-state index in [1.807, 2.05) is 43.5 Å². The highest BCUT2D eigenvalue weighted by Gasteiger charge is 2.14. The molecule has 0 bridgehead atoms. The third-order valence-electron chi connectivity index (χ3n) is 3.58. The van der Waals surface area contributed by atoms with Gasteiger partial charge in [-0.2, -0.15) is 9.50 Å². The Balaban J connectivity index is 1.73. The zero-order valence-electron chi connectivity index (χ0n) is 13.6. The van der Waals surface area contributed by atoms with E-state index in [9.17, 15) is 0 Å². The van der Waals surface area contributed by atoms with Crippen molar-refractivity contribution < 1.29 is 0 Å². The summed E-state index contributed by atoms with van der Waals surface area (Å²) in [6.07, 6.45) is 3.61. The molecular formula is C16H14N8S. The predicted octanol–water partition coefficient (Wildman–Crippen LogP) is 2.75. The summed E-state index contributed by atoms with van der Waals surface area (Å²) in [6, 6.07) is 11.6. The van der Waals surface area contributed by atoms with Gasteiger partial charge in [0.2, 0.25) is 11.1 Å². The maximum atomic E-state index is 4.54. The van der Waals surface area contributed by atoms with Gasteiger partial charge in [0.25, 0.3) is 5.78 Å². The molecule has 0 saturated carbocycles. The van der Waals surface area contributed by atoms with E-state index in [1.165, 1.54) is 11.8 Å². The molecule has 0 atom stereocenters. The van der Waals surface area contributed by atoms with E-state index in [1.54, 1.807) is 16.8 Å². The summed E-state index contributed by atoms with van der Waals surface area (Å²) in [6.45, 7) is 1.92. The second-order valence-electron chi connectivity index (χ2n) is 5.20. The molecule has 0 amide bonds. The van der Waals surface area contributed by atoms with Crippen molar-refractivity contribution in [2.75, 3.05) is 11.6 Å². The van der Waals surface area contributed by atoms with Crippen LogP contribution in [0.2, 0.25) is 0 Å². The van der Waals surface area contributed by atoms with Gasteiger partial charge in [0.1, 0.15) is 5.69 Å². The Bertz CT molecular complexity index is 1030. The van der Waals surface area contributed by atoms with E-state index in [0.717, 1.165) is 11.4 Å². The third kappa shape index (κ3) is 3.01. The van der Waals surface area contributed by atoms with Crippen LogP contribution >= 0.6 is 11.8 Å². The standard InChI is InChI=1S/C16H14N8S/c1-10-13(21-22-15-20-16(25-2)23-24(10)15)12-8-9-17-14(19-12)18-11-6-4-3-5-7-11/h3-9H,1-2H3,(H,17,18,19). The molecule has 4 aromatic rings. The Hall–Kier alpha value is -3.07. The maximum absolute atomic E-state index is 4.54. The van der Waals surface area contributed by atoms with Crippen molar-refractivity contribution in [3.8, 4) is 11.4 Å². The van der Waals surface area contributed by atoms with Gasteiger partial charge in [-0.25, -0.2) is 9.97 Å². The fourth-order valence-electron chi connectivity index (χ4n) is 2.37. The van der Waals surface area contributed by atoms with Gasteiger partial charge in [0.15, 0.2) is 0 Å². The number of thioether (sulfide) groups is 1. The average Bonchev–Trinajstić information content (AvgIpc) is 3.07. The van der Waals surface area contributed by atoms with Crippen LogP contribution in [-0.2, 0) is 0 Å². The molecule has 25 heavy (non-hydrogen) atoms. The van der Waals surface area contributed by atoms with Crippen LogP contribution in [0.5, 0.6) is 0 Å². The lowest BCUT2D eigenvalue weighted by molar-refractivity contribution is 0.824. The van der Waals surface area contributed by atoms with Crippen LogP contribution in [-0.4, -0.2) is 41.0 Å². The van der Waals surface area contributed by atoms with Crippen molar-refractivity contribution in [2.24, 2.45) is 0 Å². The number of para-hydroxylation sites is 1. The van der Waals surface area contributed by atoms with Crippen LogP contribution in [0.1, 0.15) is 5.69 Å². The number of anilines is 2. The molecule has 0 spiro atoms. The van der Waals surface area contributed by atoms with E-state index >= 15 is 0 Å². The molecule has 124 valence electrons. The molecule has 1 N–H and O–H groups in total. The molecular weight excluding hydrogens is 336 g/mol. The summed E-state index contributed by atoms with van der Waals surface area (Å²) in [7, 11) is 0. The molecule has 9 heteroatoms. The quantitative estimate of drug-likeness (QED) is 0.562. The highest BCUT2D eigenvalue weighted by Crippen LogP contribution is 2.21. The lowest BCUT2D eigenvalue weighted by Gasteiger charge is -2.07. The Kier molecular flexibility index (Phi) is 3.98. The molecule has 0 fully saturated rings. The molecule has 0 saturated heterocycles. The molecule has 3 heterocycles. The first-order chi connectivity index (χ1) is 12.2. The van der Waals surface area contributed by atoms with E-state index in [4.69, 9.17) is 0 Å². The fourth-order valence-corrected chi connectivity index (χ4v) is 2.70. The number of aryl methyl sites for hydroxylation is 1. The number of rotatable bonds is 4. The Morgan fingerprint density at radius 3 is 2.68 bits per heavy atom. The minimum Gasteiger partial charge on any atom is -0.324 e. The Morgan fingerprint density at radius 2 is 1.88 bits per heavy atom. The normalized spacial score (nSPS) is 11.0. The zero-order chi connectivity index (χ0) is 17.2. The number of aromatic nitrogens is 7. The number of hydrogen-bond acceptors (Lipinski definition) is 8. The number of fused-ring (bicyclic) bond motifs is 1. The summed E-state index contributed by atoms with van der Waals surface area (Å²) >= 11 is 1.46. The zero-order valence-corrected chi connectivity index (χ0v) is 14.4. The molecule has 3 aromatic heterocycles.